The summed E-state index contributed by atoms with van der Waals surface area (Å²) < 4.78 is 0. The van der Waals surface area contributed by atoms with E-state index in [4.69, 9.17) is 0 Å². The zero-order valence-corrected chi connectivity index (χ0v) is 17.4. The molecule has 2 aliphatic carbocycles. The van der Waals surface area contributed by atoms with Gasteiger partial charge in [-0.15, -0.1) is 0 Å². The molecule has 2 atom stereocenters. The number of urea groups is 2. The number of hydrogen-bond acceptors (Lipinski definition) is 5. The van der Waals surface area contributed by atoms with E-state index >= 15 is 0 Å². The van der Waals surface area contributed by atoms with Gasteiger partial charge in [-0.25, -0.2) is 14.5 Å². The lowest BCUT2D eigenvalue weighted by molar-refractivity contribution is -0.145. The third-order valence-corrected chi connectivity index (χ3v) is 6.15. The molecule has 164 valence electrons. The SMILES string of the molecule is C[C@@H]1CCCC[C@H]1N1C(=O)C(=O)N(CC(=O)NC(=O)NCCC2=CCCCC2)C1=O. The number of rotatable bonds is 6. The van der Waals surface area contributed by atoms with E-state index in [1.165, 1.54) is 12.0 Å². The van der Waals surface area contributed by atoms with Crippen LogP contribution in [0.2, 0.25) is 0 Å². The second-order valence-electron chi connectivity index (χ2n) is 8.34. The Morgan fingerprint density at radius 1 is 1.07 bits per heavy atom. The van der Waals surface area contributed by atoms with Crippen molar-refractivity contribution in [1.82, 2.24) is 20.4 Å². The molecule has 7 amide bonds. The normalized spacial score (nSPS) is 24.7. The van der Waals surface area contributed by atoms with Gasteiger partial charge in [-0.3, -0.25) is 24.6 Å². The molecular weight excluding hydrogens is 388 g/mol. The van der Waals surface area contributed by atoms with Crippen molar-refractivity contribution >= 4 is 29.8 Å². The molecule has 3 rings (SSSR count). The number of carbonyl (C=O) groups excluding carboxylic acids is 5. The first-order valence-corrected chi connectivity index (χ1v) is 10.8. The van der Waals surface area contributed by atoms with Crippen LogP contribution in [0.5, 0.6) is 0 Å². The summed E-state index contributed by atoms with van der Waals surface area (Å²) in [6.07, 6.45) is 10.8. The van der Waals surface area contributed by atoms with E-state index in [-0.39, 0.29) is 12.0 Å². The van der Waals surface area contributed by atoms with Gasteiger partial charge in [0.25, 0.3) is 0 Å². The van der Waals surface area contributed by atoms with Crippen LogP contribution in [0.1, 0.15) is 64.7 Å². The van der Waals surface area contributed by atoms with Crippen molar-refractivity contribution in [2.24, 2.45) is 5.92 Å². The Labute approximate surface area is 176 Å². The Hall–Kier alpha value is -2.71. The number of amides is 7. The van der Waals surface area contributed by atoms with Gasteiger partial charge in [0.2, 0.25) is 5.91 Å². The summed E-state index contributed by atoms with van der Waals surface area (Å²) in [5.74, 6) is -2.61. The molecule has 0 aromatic rings. The van der Waals surface area contributed by atoms with Crippen LogP contribution in [0.25, 0.3) is 0 Å². The van der Waals surface area contributed by atoms with Crippen LogP contribution in [-0.2, 0) is 14.4 Å². The zero-order valence-electron chi connectivity index (χ0n) is 17.4. The zero-order chi connectivity index (χ0) is 21.7. The molecule has 0 radical (unpaired) electrons. The van der Waals surface area contributed by atoms with Gasteiger partial charge in [0.15, 0.2) is 0 Å². The van der Waals surface area contributed by atoms with Crippen LogP contribution in [0.3, 0.4) is 0 Å². The minimum atomic E-state index is -1.02. The van der Waals surface area contributed by atoms with Crippen molar-refractivity contribution in [3.05, 3.63) is 11.6 Å². The number of nitrogens with zero attached hydrogens (tertiary/aromatic N) is 2. The van der Waals surface area contributed by atoms with Crippen molar-refractivity contribution in [2.45, 2.75) is 70.8 Å². The fraction of sp³-hybridized carbons (Fsp3) is 0.667. The highest BCUT2D eigenvalue weighted by molar-refractivity contribution is 6.45. The minimum Gasteiger partial charge on any atom is -0.337 e. The number of carbonyl (C=O) groups is 5. The smallest absolute Gasteiger partial charge is 0.334 e. The predicted octanol–water partition coefficient (Wildman–Crippen LogP) is 2.07. The molecule has 9 nitrogen and oxygen atoms in total. The van der Waals surface area contributed by atoms with Gasteiger partial charge in [-0.2, -0.15) is 0 Å². The highest BCUT2D eigenvalue weighted by Gasteiger charge is 2.49. The molecule has 1 heterocycles. The Morgan fingerprint density at radius 3 is 2.53 bits per heavy atom. The van der Waals surface area contributed by atoms with E-state index in [1.54, 1.807) is 0 Å². The molecular formula is C21H30N4O5. The molecule has 1 saturated heterocycles. The lowest BCUT2D eigenvalue weighted by Crippen LogP contribution is -2.48. The van der Waals surface area contributed by atoms with E-state index in [9.17, 15) is 24.0 Å². The lowest BCUT2D eigenvalue weighted by Gasteiger charge is -2.34. The third-order valence-electron chi connectivity index (χ3n) is 6.15. The highest BCUT2D eigenvalue weighted by Crippen LogP contribution is 2.31. The van der Waals surface area contributed by atoms with Gasteiger partial charge in [0, 0.05) is 12.6 Å². The summed E-state index contributed by atoms with van der Waals surface area (Å²) in [6.45, 7) is 1.70. The molecule has 2 fully saturated rings. The molecule has 1 aliphatic heterocycles. The van der Waals surface area contributed by atoms with Crippen LogP contribution < -0.4 is 10.6 Å². The van der Waals surface area contributed by atoms with Crippen LogP contribution in [0, 0.1) is 5.92 Å². The first-order chi connectivity index (χ1) is 14.4. The van der Waals surface area contributed by atoms with Gasteiger partial charge < -0.3 is 5.32 Å². The largest absolute Gasteiger partial charge is 0.337 e. The van der Waals surface area contributed by atoms with Gasteiger partial charge in [0.05, 0.1) is 0 Å². The maximum Gasteiger partial charge on any atom is 0.334 e. The molecule has 1 saturated carbocycles. The quantitative estimate of drug-likeness (QED) is 0.389. The molecule has 0 aromatic carbocycles. The van der Waals surface area contributed by atoms with Gasteiger partial charge in [0.1, 0.15) is 6.54 Å². The maximum absolute atomic E-state index is 12.7. The fourth-order valence-electron chi connectivity index (χ4n) is 4.46. The van der Waals surface area contributed by atoms with Crippen molar-refractivity contribution in [2.75, 3.05) is 13.1 Å². The van der Waals surface area contributed by atoms with Crippen molar-refractivity contribution < 1.29 is 24.0 Å². The fourth-order valence-corrected chi connectivity index (χ4v) is 4.46. The van der Waals surface area contributed by atoms with Crippen LogP contribution in [0.4, 0.5) is 9.59 Å². The molecule has 2 N–H and O–H groups in total. The molecule has 0 bridgehead atoms. The van der Waals surface area contributed by atoms with Gasteiger partial charge >= 0.3 is 23.9 Å². The lowest BCUT2D eigenvalue weighted by atomic mass is 9.85. The van der Waals surface area contributed by atoms with E-state index < -0.39 is 36.3 Å². The average molecular weight is 418 g/mol. The van der Waals surface area contributed by atoms with Crippen LogP contribution in [-0.4, -0.2) is 58.7 Å². The highest BCUT2D eigenvalue weighted by atomic mass is 16.2. The maximum atomic E-state index is 12.7. The first kappa shape index (κ1) is 22.0. The Morgan fingerprint density at radius 2 is 1.83 bits per heavy atom. The number of allylic oxidation sites excluding steroid dienone is 1. The van der Waals surface area contributed by atoms with E-state index in [2.05, 4.69) is 16.7 Å². The minimum absolute atomic E-state index is 0.110. The summed E-state index contributed by atoms with van der Waals surface area (Å²) in [5.41, 5.74) is 1.30. The summed E-state index contributed by atoms with van der Waals surface area (Å²) in [4.78, 5) is 63.0. The van der Waals surface area contributed by atoms with Crippen LogP contribution in [0.15, 0.2) is 11.6 Å². The van der Waals surface area contributed by atoms with Gasteiger partial charge in [-0.05, 0) is 50.9 Å². The van der Waals surface area contributed by atoms with E-state index in [1.807, 2.05) is 6.92 Å². The summed E-state index contributed by atoms with van der Waals surface area (Å²) in [7, 11) is 0. The standard InChI is InChI=1S/C21H30N4O5/c1-14-7-5-6-10-16(14)25-19(28)18(27)24(21(25)30)13-17(26)23-20(29)22-12-11-15-8-3-2-4-9-15/h8,14,16H,2-7,9-13H2,1H3,(H2,22,23,26,29)/t14-,16-/m1/s1. The monoisotopic (exact) mass is 418 g/mol. The Kier molecular flexibility index (Phi) is 7.23. The summed E-state index contributed by atoms with van der Waals surface area (Å²) in [5, 5.41) is 4.73. The van der Waals surface area contributed by atoms with Gasteiger partial charge in [-0.1, -0.05) is 31.4 Å². The Balaban J connectivity index is 1.48. The molecule has 9 heteroatoms. The molecule has 0 aromatic heterocycles. The van der Waals surface area contributed by atoms with Crippen LogP contribution >= 0.6 is 0 Å². The van der Waals surface area contributed by atoms with Crippen molar-refractivity contribution in [3.63, 3.8) is 0 Å². The molecule has 3 aliphatic rings. The average Bonchev–Trinajstić information content (AvgIpc) is 2.92. The molecule has 0 spiro atoms. The number of nitrogens with one attached hydrogen (secondary N) is 2. The molecule has 0 unspecified atom stereocenters. The number of imide groups is 3. The van der Waals surface area contributed by atoms with E-state index in [0.29, 0.717) is 17.9 Å². The summed E-state index contributed by atoms with van der Waals surface area (Å²) in [6, 6.07) is -1.78. The second-order valence-corrected chi connectivity index (χ2v) is 8.34. The first-order valence-electron chi connectivity index (χ1n) is 10.8. The predicted molar refractivity (Wildman–Crippen MR) is 108 cm³/mol. The van der Waals surface area contributed by atoms with E-state index in [0.717, 1.165) is 49.8 Å². The Bertz CT molecular complexity index is 762. The second kappa shape index (κ2) is 9.86. The topological polar surface area (TPSA) is 116 Å². The third kappa shape index (κ3) is 5.06. The van der Waals surface area contributed by atoms with Crippen molar-refractivity contribution in [1.29, 1.82) is 0 Å². The summed E-state index contributed by atoms with van der Waals surface area (Å²) >= 11 is 0. The number of hydrogen-bond donors (Lipinski definition) is 2. The molecule has 30 heavy (non-hydrogen) atoms. The van der Waals surface area contributed by atoms with Crippen molar-refractivity contribution in [3.8, 4) is 0 Å².